The Morgan fingerprint density at radius 1 is 0.780 bits per heavy atom. The fourth-order valence-corrected chi connectivity index (χ4v) is 4.69. The molecule has 0 bridgehead atoms. The number of carbonyl (C=O) groups is 6. The second-order valence-electron chi connectivity index (χ2n) is 9.27. The Labute approximate surface area is 236 Å². The highest BCUT2D eigenvalue weighted by Crippen LogP contribution is 2.40. The molecule has 41 heavy (non-hydrogen) atoms. The van der Waals surface area contributed by atoms with Gasteiger partial charge in [0.2, 0.25) is 0 Å². The van der Waals surface area contributed by atoms with Crippen molar-refractivity contribution in [3.8, 4) is 0 Å². The van der Waals surface area contributed by atoms with Gasteiger partial charge in [-0.15, -0.1) is 0 Å². The first-order chi connectivity index (χ1) is 19.3. The van der Waals surface area contributed by atoms with Gasteiger partial charge in [-0.2, -0.15) is 0 Å². The van der Waals surface area contributed by atoms with Gasteiger partial charge in [0.25, 0.3) is 0 Å². The van der Waals surface area contributed by atoms with Crippen molar-refractivity contribution in [2.75, 3.05) is 20.3 Å². The van der Waals surface area contributed by atoms with E-state index in [-0.39, 0.29) is 19.4 Å². The van der Waals surface area contributed by atoms with Gasteiger partial charge < -0.3 is 33.2 Å². The van der Waals surface area contributed by atoms with E-state index >= 15 is 0 Å². The topological polar surface area (TPSA) is 189 Å². The summed E-state index contributed by atoms with van der Waals surface area (Å²) in [5.41, 5.74) is 0. The Kier molecular flexibility index (Phi) is 12.9. The van der Waals surface area contributed by atoms with Gasteiger partial charge in [-0.3, -0.25) is 28.8 Å². The number of hydrogen-bond acceptors (Lipinski definition) is 16. The molecule has 0 saturated carbocycles. The maximum Gasteiger partial charge on any atom is 0.337 e. The van der Waals surface area contributed by atoms with Gasteiger partial charge in [0.1, 0.15) is 12.7 Å². The molecule has 2 saturated heterocycles. The van der Waals surface area contributed by atoms with Gasteiger partial charge in [0.15, 0.2) is 30.7 Å². The Hall–Kier alpha value is -3.34. The second-order valence-corrected chi connectivity index (χ2v) is 9.27. The summed E-state index contributed by atoms with van der Waals surface area (Å²) >= 11 is 0. The first kappa shape index (κ1) is 33.9. The molecule has 16 nitrogen and oxygen atoms in total. The average molecular weight is 592 g/mol. The van der Waals surface area contributed by atoms with Crippen molar-refractivity contribution in [2.45, 2.75) is 97.2 Å². The van der Waals surface area contributed by atoms with Gasteiger partial charge >= 0.3 is 35.8 Å². The van der Waals surface area contributed by atoms with E-state index in [2.05, 4.69) is 0 Å². The molecule has 0 aliphatic carbocycles. The molecular formula is C25H37NO15. The number of methoxy groups -OCH3 is 1. The lowest BCUT2D eigenvalue weighted by molar-refractivity contribution is -0.444. The predicted octanol–water partition coefficient (Wildman–Crippen LogP) is 0.138. The SMILES string of the molecule is CCO[C@@H]1C[C@H]([C@H](OC(C)=O)[C@@H](OC(C)=O)[C@@H](OC(C)=O)[C@@H](COC(C)=O)OC(C)=O)[C@H]2C[C@H](C(=O)OC)ON2O1. The molecule has 0 aromatic rings. The van der Waals surface area contributed by atoms with Gasteiger partial charge in [0.05, 0.1) is 13.2 Å². The molecule has 0 aromatic carbocycles. The van der Waals surface area contributed by atoms with E-state index in [1.807, 2.05) is 0 Å². The Balaban J connectivity index is 2.65. The van der Waals surface area contributed by atoms with Gasteiger partial charge in [0, 0.05) is 60.0 Å². The molecule has 0 amide bonds. The lowest BCUT2D eigenvalue weighted by Crippen LogP contribution is -2.59. The third-order valence-electron chi connectivity index (χ3n) is 6.06. The minimum atomic E-state index is -1.62. The first-order valence-electron chi connectivity index (χ1n) is 12.9. The zero-order valence-electron chi connectivity index (χ0n) is 24.0. The number of fused-ring (bicyclic) bond motifs is 1. The molecule has 0 N–H and O–H groups in total. The van der Waals surface area contributed by atoms with Crippen LogP contribution >= 0.6 is 0 Å². The van der Waals surface area contributed by atoms with Crippen molar-refractivity contribution in [2.24, 2.45) is 5.92 Å². The molecular weight excluding hydrogens is 554 g/mol. The predicted molar refractivity (Wildman–Crippen MR) is 131 cm³/mol. The quantitative estimate of drug-likeness (QED) is 0.207. The Bertz CT molecular complexity index is 971. The number of nitrogens with zero attached hydrogens (tertiary/aromatic N) is 1. The summed E-state index contributed by atoms with van der Waals surface area (Å²) in [5.74, 6) is -5.63. The number of carbonyl (C=O) groups excluding carboxylic acids is 6. The maximum atomic E-state index is 12.4. The standard InChI is InChI=1S/C25H37NO15/c1-8-34-21-9-17(18-10-19(25(32)33-7)40-26(18)41-21)22(37-14(4)29)24(39-16(6)31)23(38-15(5)30)20(36-13(3)28)11-35-12(2)27/h17-24H,8-11H2,1-7H3/t17-,18+,19+,20+,21-,22-,23-,24+/m0/s1. The molecule has 2 rings (SSSR count). The lowest BCUT2D eigenvalue weighted by Gasteiger charge is -2.44. The highest BCUT2D eigenvalue weighted by atomic mass is 17.0. The molecule has 0 unspecified atom stereocenters. The van der Waals surface area contributed by atoms with E-state index in [1.165, 1.54) is 7.11 Å². The molecule has 2 aliphatic heterocycles. The van der Waals surface area contributed by atoms with E-state index in [9.17, 15) is 28.8 Å². The number of hydrogen-bond donors (Lipinski definition) is 0. The van der Waals surface area contributed by atoms with Crippen LogP contribution in [0.5, 0.6) is 0 Å². The van der Waals surface area contributed by atoms with Crippen LogP contribution in [-0.4, -0.2) is 104 Å². The van der Waals surface area contributed by atoms with E-state index in [0.717, 1.165) is 39.8 Å². The lowest BCUT2D eigenvalue weighted by atomic mass is 9.82. The molecule has 16 heteroatoms. The first-order valence-corrected chi connectivity index (χ1v) is 12.9. The summed E-state index contributed by atoms with van der Waals surface area (Å²) in [4.78, 5) is 84.2. The van der Waals surface area contributed by atoms with Crippen LogP contribution in [0.15, 0.2) is 0 Å². The van der Waals surface area contributed by atoms with E-state index in [1.54, 1.807) is 6.92 Å². The number of hydroxylamine groups is 2. The number of rotatable bonds is 13. The van der Waals surface area contributed by atoms with Crippen molar-refractivity contribution < 1.29 is 71.6 Å². The summed E-state index contributed by atoms with van der Waals surface area (Å²) in [7, 11) is 1.19. The highest BCUT2D eigenvalue weighted by Gasteiger charge is 2.56. The Morgan fingerprint density at radius 3 is 1.88 bits per heavy atom. The minimum absolute atomic E-state index is 0.0137. The van der Waals surface area contributed by atoms with Crippen LogP contribution in [0.1, 0.15) is 54.4 Å². The zero-order chi connectivity index (χ0) is 30.9. The average Bonchev–Trinajstić information content (AvgIpc) is 3.30. The maximum absolute atomic E-state index is 12.4. The van der Waals surface area contributed by atoms with Crippen LogP contribution in [0.25, 0.3) is 0 Å². The fraction of sp³-hybridized carbons (Fsp3) is 0.760. The van der Waals surface area contributed by atoms with Crippen LogP contribution in [0.4, 0.5) is 0 Å². The number of ether oxygens (including phenoxy) is 7. The van der Waals surface area contributed by atoms with Crippen LogP contribution in [0, 0.1) is 5.92 Å². The normalized spacial score (nSPS) is 25.0. The summed E-state index contributed by atoms with van der Waals surface area (Å²) in [6.07, 6.45) is -8.10. The van der Waals surface area contributed by atoms with E-state index in [4.69, 9.17) is 42.8 Å². The van der Waals surface area contributed by atoms with Gasteiger partial charge in [-0.05, 0) is 6.92 Å². The molecule has 2 fully saturated rings. The van der Waals surface area contributed by atoms with Crippen molar-refractivity contribution in [1.82, 2.24) is 5.23 Å². The van der Waals surface area contributed by atoms with Crippen LogP contribution < -0.4 is 0 Å². The van der Waals surface area contributed by atoms with Crippen molar-refractivity contribution in [3.63, 3.8) is 0 Å². The summed E-state index contributed by atoms with van der Waals surface area (Å²) in [6, 6.07) is -0.781. The van der Waals surface area contributed by atoms with Crippen LogP contribution in [0.3, 0.4) is 0 Å². The van der Waals surface area contributed by atoms with Crippen molar-refractivity contribution >= 4 is 35.8 Å². The minimum Gasteiger partial charge on any atom is -0.467 e. The monoisotopic (exact) mass is 591 g/mol. The second kappa shape index (κ2) is 15.6. The summed E-state index contributed by atoms with van der Waals surface area (Å²) < 4.78 is 37.5. The summed E-state index contributed by atoms with van der Waals surface area (Å²) in [6.45, 7) is 6.77. The van der Waals surface area contributed by atoms with Crippen molar-refractivity contribution in [3.05, 3.63) is 0 Å². The smallest absolute Gasteiger partial charge is 0.337 e. The van der Waals surface area contributed by atoms with Crippen LogP contribution in [-0.2, 0) is 71.6 Å². The van der Waals surface area contributed by atoms with Crippen molar-refractivity contribution in [1.29, 1.82) is 0 Å². The molecule has 8 atom stereocenters. The largest absolute Gasteiger partial charge is 0.467 e. The zero-order valence-corrected chi connectivity index (χ0v) is 24.0. The van der Waals surface area contributed by atoms with Gasteiger partial charge in [-0.1, -0.05) is 5.23 Å². The third kappa shape index (κ3) is 9.91. The fourth-order valence-electron chi connectivity index (χ4n) is 4.69. The molecule has 0 spiro atoms. The number of esters is 6. The third-order valence-corrected chi connectivity index (χ3v) is 6.06. The Morgan fingerprint density at radius 2 is 1.37 bits per heavy atom. The van der Waals surface area contributed by atoms with E-state index in [0.29, 0.717) is 0 Å². The van der Waals surface area contributed by atoms with Crippen LogP contribution in [0.2, 0.25) is 0 Å². The highest BCUT2D eigenvalue weighted by molar-refractivity contribution is 5.74. The molecule has 232 valence electrons. The molecule has 2 heterocycles. The molecule has 2 aliphatic rings. The van der Waals surface area contributed by atoms with Gasteiger partial charge in [-0.25, -0.2) is 9.63 Å². The molecule has 0 aromatic heterocycles. The molecule has 0 radical (unpaired) electrons. The summed E-state index contributed by atoms with van der Waals surface area (Å²) in [5, 5.41) is 1.04. The van der Waals surface area contributed by atoms with E-state index < -0.39 is 91.2 Å².